The van der Waals surface area contributed by atoms with Gasteiger partial charge in [-0.1, -0.05) is 30.3 Å². The number of alkyl carbamates (subject to hydrolysis) is 1. The van der Waals surface area contributed by atoms with Crippen molar-refractivity contribution in [2.24, 2.45) is 0 Å². The summed E-state index contributed by atoms with van der Waals surface area (Å²) in [4.78, 5) is 53.2. The van der Waals surface area contributed by atoms with E-state index in [1.54, 1.807) is 45.0 Å². The molecule has 0 aliphatic carbocycles. The number of amides is 3. The molecule has 1 aliphatic heterocycles. The quantitative estimate of drug-likeness (QED) is 0.321. The number of ether oxygens (including phenoxy) is 2. The van der Waals surface area contributed by atoms with E-state index in [9.17, 15) is 32.3 Å². The molecule has 2 aromatic carbocycles. The summed E-state index contributed by atoms with van der Waals surface area (Å²) in [7, 11) is 1.14. The summed E-state index contributed by atoms with van der Waals surface area (Å²) in [6.45, 7) is 5.31. The van der Waals surface area contributed by atoms with Crippen LogP contribution in [0.3, 0.4) is 0 Å². The lowest BCUT2D eigenvalue weighted by Gasteiger charge is -2.30. The molecule has 9 nitrogen and oxygen atoms in total. The fraction of sp³-hybridized carbons (Fsp3) is 0.467. The Hall–Kier alpha value is -4.09. The maximum Gasteiger partial charge on any atom is 0.408 e. The lowest BCUT2D eigenvalue weighted by atomic mass is 10.0. The van der Waals surface area contributed by atoms with Gasteiger partial charge in [0.25, 0.3) is 0 Å². The Morgan fingerprint density at radius 1 is 0.976 bits per heavy atom. The van der Waals surface area contributed by atoms with Crippen molar-refractivity contribution in [2.75, 3.05) is 13.7 Å². The molecule has 0 bridgehead atoms. The standard InChI is InChI=1S/C30H36F3N3O6/c1-30(2,3)42-29(40)35-24(13-18-9-6-5-7-10-18)28(39)36-12-8-11-25(36)27(38)34-20(16-26(37)41-4)14-19-15-22(32)23(33)17-21(19)31/h5-7,9-10,15,17,20,24-25H,8,11-14,16H2,1-4H3,(H,34,38)(H,35,40)/t20-,24?,25?/m1/s1. The minimum atomic E-state index is -1.37. The van der Waals surface area contributed by atoms with E-state index >= 15 is 0 Å². The number of carbonyl (C=O) groups is 4. The van der Waals surface area contributed by atoms with Crippen LogP contribution in [0.5, 0.6) is 0 Å². The summed E-state index contributed by atoms with van der Waals surface area (Å²) in [6, 6.07) is 7.05. The van der Waals surface area contributed by atoms with Crippen LogP contribution in [0.1, 0.15) is 51.2 Å². The van der Waals surface area contributed by atoms with E-state index in [0.29, 0.717) is 25.0 Å². The van der Waals surface area contributed by atoms with Gasteiger partial charge in [-0.05, 0) is 57.2 Å². The van der Waals surface area contributed by atoms with Crippen molar-refractivity contribution < 1.29 is 41.8 Å². The van der Waals surface area contributed by atoms with Crippen molar-refractivity contribution in [1.29, 1.82) is 0 Å². The van der Waals surface area contributed by atoms with Gasteiger partial charge in [-0.15, -0.1) is 0 Å². The van der Waals surface area contributed by atoms with Gasteiger partial charge in [0.2, 0.25) is 11.8 Å². The molecule has 3 amide bonds. The highest BCUT2D eigenvalue weighted by Crippen LogP contribution is 2.22. The summed E-state index contributed by atoms with van der Waals surface area (Å²) >= 11 is 0. The number of hydrogen-bond acceptors (Lipinski definition) is 6. The largest absolute Gasteiger partial charge is 0.469 e. The molecular formula is C30H36F3N3O6. The molecule has 12 heteroatoms. The monoisotopic (exact) mass is 591 g/mol. The van der Waals surface area contributed by atoms with Crippen LogP contribution in [0.25, 0.3) is 0 Å². The van der Waals surface area contributed by atoms with Crippen LogP contribution in [-0.2, 0) is 36.7 Å². The molecular weight excluding hydrogens is 555 g/mol. The third-order valence-corrected chi connectivity index (χ3v) is 6.65. The molecule has 0 saturated carbocycles. The van der Waals surface area contributed by atoms with Gasteiger partial charge >= 0.3 is 12.1 Å². The van der Waals surface area contributed by atoms with Gasteiger partial charge in [0.05, 0.1) is 13.5 Å². The fourth-order valence-electron chi connectivity index (χ4n) is 4.74. The zero-order chi connectivity index (χ0) is 31.0. The van der Waals surface area contributed by atoms with Gasteiger partial charge in [0, 0.05) is 25.1 Å². The van der Waals surface area contributed by atoms with Crippen LogP contribution in [0.4, 0.5) is 18.0 Å². The molecule has 42 heavy (non-hydrogen) atoms. The average molecular weight is 592 g/mol. The Kier molecular flexibility index (Phi) is 11.0. The van der Waals surface area contributed by atoms with Crippen molar-refractivity contribution in [3.8, 4) is 0 Å². The molecule has 1 aliphatic rings. The predicted molar refractivity (Wildman–Crippen MR) is 147 cm³/mol. The molecule has 3 rings (SSSR count). The first-order valence-corrected chi connectivity index (χ1v) is 13.6. The van der Waals surface area contributed by atoms with Crippen molar-refractivity contribution in [1.82, 2.24) is 15.5 Å². The SMILES string of the molecule is COC(=O)C[C@@H](Cc1cc(F)c(F)cc1F)NC(=O)C1CCCN1C(=O)C(Cc1ccccc1)NC(=O)OC(C)(C)C. The highest BCUT2D eigenvalue weighted by atomic mass is 19.2. The molecule has 0 spiro atoms. The number of rotatable bonds is 10. The summed E-state index contributed by atoms with van der Waals surface area (Å²) in [5, 5.41) is 5.28. The van der Waals surface area contributed by atoms with E-state index in [-0.39, 0.29) is 31.4 Å². The Morgan fingerprint density at radius 2 is 1.64 bits per heavy atom. The van der Waals surface area contributed by atoms with Crippen LogP contribution in [0, 0.1) is 17.5 Å². The molecule has 2 aromatic rings. The summed E-state index contributed by atoms with van der Waals surface area (Å²) < 4.78 is 51.6. The predicted octanol–water partition coefficient (Wildman–Crippen LogP) is 3.82. The third kappa shape index (κ3) is 9.22. The first-order valence-electron chi connectivity index (χ1n) is 13.6. The maximum absolute atomic E-state index is 14.4. The number of halogens is 3. The normalized spacial score (nSPS) is 16.4. The molecule has 228 valence electrons. The minimum absolute atomic E-state index is 0.143. The number of methoxy groups -OCH3 is 1. The second kappa shape index (κ2) is 14.2. The van der Waals surface area contributed by atoms with Gasteiger partial charge in [0.15, 0.2) is 11.6 Å². The maximum atomic E-state index is 14.4. The summed E-state index contributed by atoms with van der Waals surface area (Å²) in [5.41, 5.74) is -0.270. The number of nitrogens with zero attached hydrogens (tertiary/aromatic N) is 1. The second-order valence-electron chi connectivity index (χ2n) is 11.1. The third-order valence-electron chi connectivity index (χ3n) is 6.65. The van der Waals surface area contributed by atoms with Crippen molar-refractivity contribution >= 4 is 23.9 Å². The number of benzene rings is 2. The molecule has 2 N–H and O–H groups in total. The van der Waals surface area contributed by atoms with Gasteiger partial charge in [-0.25, -0.2) is 18.0 Å². The molecule has 1 fully saturated rings. The zero-order valence-electron chi connectivity index (χ0n) is 24.0. The first-order chi connectivity index (χ1) is 19.8. The molecule has 0 radical (unpaired) electrons. The van der Waals surface area contributed by atoms with E-state index in [2.05, 4.69) is 15.4 Å². The Morgan fingerprint density at radius 3 is 2.29 bits per heavy atom. The van der Waals surface area contributed by atoms with Crippen molar-refractivity contribution in [3.05, 3.63) is 71.0 Å². The number of likely N-dealkylation sites (tertiary alicyclic amines) is 1. The Balaban J connectivity index is 1.80. The van der Waals surface area contributed by atoms with E-state index in [1.165, 1.54) is 4.90 Å². The Labute approximate surface area is 242 Å². The highest BCUT2D eigenvalue weighted by Gasteiger charge is 2.39. The average Bonchev–Trinajstić information content (AvgIpc) is 3.40. The number of carbonyl (C=O) groups excluding carboxylic acids is 4. The number of esters is 1. The Bertz CT molecular complexity index is 1290. The number of hydrogen-bond donors (Lipinski definition) is 2. The molecule has 2 unspecified atom stereocenters. The van der Waals surface area contributed by atoms with E-state index in [4.69, 9.17) is 4.74 Å². The van der Waals surface area contributed by atoms with Crippen molar-refractivity contribution in [3.63, 3.8) is 0 Å². The van der Waals surface area contributed by atoms with Gasteiger partial charge in [-0.3, -0.25) is 14.4 Å². The molecule has 0 aromatic heterocycles. The smallest absolute Gasteiger partial charge is 0.408 e. The van der Waals surface area contributed by atoms with Crippen LogP contribution in [0.2, 0.25) is 0 Å². The zero-order valence-corrected chi connectivity index (χ0v) is 24.0. The highest BCUT2D eigenvalue weighted by molar-refractivity contribution is 5.92. The summed E-state index contributed by atoms with van der Waals surface area (Å²) in [6.07, 6.45) is -0.562. The fourth-order valence-corrected chi connectivity index (χ4v) is 4.74. The molecule has 1 heterocycles. The van der Waals surface area contributed by atoms with Gasteiger partial charge in [-0.2, -0.15) is 0 Å². The lowest BCUT2D eigenvalue weighted by Crippen LogP contribution is -2.55. The van der Waals surface area contributed by atoms with Crippen molar-refractivity contribution in [2.45, 2.75) is 76.6 Å². The van der Waals surface area contributed by atoms with Crippen LogP contribution in [0.15, 0.2) is 42.5 Å². The van der Waals surface area contributed by atoms with E-state index in [1.807, 2.05) is 6.07 Å². The first kappa shape index (κ1) is 32.4. The topological polar surface area (TPSA) is 114 Å². The van der Waals surface area contributed by atoms with Crippen LogP contribution < -0.4 is 10.6 Å². The second-order valence-corrected chi connectivity index (χ2v) is 11.1. The van der Waals surface area contributed by atoms with Gasteiger partial charge in [0.1, 0.15) is 23.5 Å². The molecule has 3 atom stereocenters. The van der Waals surface area contributed by atoms with Gasteiger partial charge < -0.3 is 25.0 Å². The van der Waals surface area contributed by atoms with E-state index < -0.39 is 65.1 Å². The van der Waals surface area contributed by atoms with Crippen LogP contribution in [-0.4, -0.2) is 66.2 Å². The van der Waals surface area contributed by atoms with E-state index in [0.717, 1.165) is 12.7 Å². The van der Waals surface area contributed by atoms with Crippen LogP contribution >= 0.6 is 0 Å². The molecule has 1 saturated heterocycles. The minimum Gasteiger partial charge on any atom is -0.469 e. The summed E-state index contributed by atoms with van der Waals surface area (Å²) in [5.74, 6) is -5.51. The lowest BCUT2D eigenvalue weighted by molar-refractivity contribution is -0.142. The number of nitrogens with one attached hydrogen (secondary N) is 2.